The summed E-state index contributed by atoms with van der Waals surface area (Å²) in [5, 5.41) is 16.5. The molecule has 1 aromatic carbocycles. The summed E-state index contributed by atoms with van der Waals surface area (Å²) in [6, 6.07) is 2.83. The lowest BCUT2D eigenvalue weighted by Crippen LogP contribution is -2.53. The van der Waals surface area contributed by atoms with Gasteiger partial charge in [-0.3, -0.25) is 9.59 Å². The van der Waals surface area contributed by atoms with E-state index in [0.29, 0.717) is 32.5 Å². The molecule has 1 heterocycles. The average molecular weight is 458 g/mol. The van der Waals surface area contributed by atoms with Crippen molar-refractivity contribution in [2.45, 2.75) is 71.3 Å². The van der Waals surface area contributed by atoms with Crippen LogP contribution in [0.25, 0.3) is 0 Å². The summed E-state index contributed by atoms with van der Waals surface area (Å²) in [4.78, 5) is 27.1. The highest BCUT2D eigenvalue weighted by Gasteiger charge is 2.39. The van der Waals surface area contributed by atoms with Crippen molar-refractivity contribution in [2.24, 2.45) is 5.41 Å². The molecule has 0 spiro atoms. The molecule has 0 aromatic heterocycles. The molecule has 32 heavy (non-hydrogen) atoms. The van der Waals surface area contributed by atoms with Crippen LogP contribution in [0.4, 0.5) is 13.2 Å². The molecular weight excluding hydrogens is 423 g/mol. The minimum Gasteiger partial charge on any atom is -0.391 e. The smallest absolute Gasteiger partial charge is 0.391 e. The molecule has 1 fully saturated rings. The van der Waals surface area contributed by atoms with Crippen molar-refractivity contribution in [1.29, 1.82) is 0 Å². The van der Waals surface area contributed by atoms with Crippen molar-refractivity contribution in [1.82, 2.24) is 15.5 Å². The van der Waals surface area contributed by atoms with Gasteiger partial charge in [-0.25, -0.2) is 0 Å². The highest BCUT2D eigenvalue weighted by atomic mass is 19.4. The lowest BCUT2D eigenvalue weighted by Gasteiger charge is -2.33. The summed E-state index contributed by atoms with van der Waals surface area (Å²) in [6.07, 6.45) is -3.65. The SMILES string of the molecule is CCC[C@H](O)[C@H](CNCC(C)(C)C)N1CCC(NC(=O)c2cccc(C(F)(F)F)c2)C1=O. The number of carbonyl (C=O) groups is 2. The van der Waals surface area contributed by atoms with Crippen LogP contribution < -0.4 is 10.6 Å². The number of likely N-dealkylation sites (tertiary alicyclic amines) is 1. The number of amides is 2. The van der Waals surface area contributed by atoms with Gasteiger partial charge in [0.1, 0.15) is 6.04 Å². The average Bonchev–Trinajstić information content (AvgIpc) is 3.04. The highest BCUT2D eigenvalue weighted by Crippen LogP contribution is 2.29. The number of nitrogens with one attached hydrogen (secondary N) is 2. The molecule has 1 unspecified atom stereocenters. The van der Waals surface area contributed by atoms with E-state index in [-0.39, 0.29) is 16.9 Å². The van der Waals surface area contributed by atoms with E-state index in [0.717, 1.165) is 18.6 Å². The van der Waals surface area contributed by atoms with Crippen LogP contribution in [-0.4, -0.2) is 59.6 Å². The van der Waals surface area contributed by atoms with E-state index >= 15 is 0 Å². The van der Waals surface area contributed by atoms with E-state index in [9.17, 15) is 27.9 Å². The first-order valence-electron chi connectivity index (χ1n) is 11.0. The van der Waals surface area contributed by atoms with E-state index in [2.05, 4.69) is 31.4 Å². The van der Waals surface area contributed by atoms with Crippen molar-refractivity contribution in [3.8, 4) is 0 Å². The Morgan fingerprint density at radius 3 is 2.56 bits per heavy atom. The second-order valence-corrected chi connectivity index (χ2v) is 9.54. The lowest BCUT2D eigenvalue weighted by molar-refractivity contribution is -0.137. The van der Waals surface area contributed by atoms with E-state index in [1.165, 1.54) is 12.1 Å². The quantitative estimate of drug-likeness (QED) is 0.532. The number of halogens is 3. The molecule has 6 nitrogen and oxygen atoms in total. The summed E-state index contributed by atoms with van der Waals surface area (Å²) >= 11 is 0. The maximum Gasteiger partial charge on any atom is 0.416 e. The molecule has 180 valence electrons. The number of benzene rings is 1. The Morgan fingerprint density at radius 2 is 1.97 bits per heavy atom. The molecular formula is C23H34F3N3O3. The monoisotopic (exact) mass is 457 g/mol. The number of aliphatic hydroxyl groups is 1. The molecule has 0 saturated carbocycles. The van der Waals surface area contributed by atoms with Crippen molar-refractivity contribution in [3.05, 3.63) is 35.4 Å². The van der Waals surface area contributed by atoms with Crippen molar-refractivity contribution < 1.29 is 27.9 Å². The second-order valence-electron chi connectivity index (χ2n) is 9.54. The third kappa shape index (κ3) is 7.20. The molecule has 3 N–H and O–H groups in total. The predicted molar refractivity (Wildman–Crippen MR) is 116 cm³/mol. The molecule has 3 atom stereocenters. The Labute approximate surface area is 187 Å². The van der Waals surface area contributed by atoms with Crippen molar-refractivity contribution >= 4 is 11.8 Å². The van der Waals surface area contributed by atoms with Gasteiger partial charge in [0.05, 0.1) is 17.7 Å². The lowest BCUT2D eigenvalue weighted by atomic mass is 9.96. The third-order valence-corrected chi connectivity index (χ3v) is 5.43. The van der Waals surface area contributed by atoms with E-state index < -0.39 is 35.8 Å². The molecule has 0 aliphatic carbocycles. The first kappa shape index (κ1) is 26.1. The van der Waals surface area contributed by atoms with Gasteiger partial charge < -0.3 is 20.6 Å². The van der Waals surface area contributed by atoms with Gasteiger partial charge in [-0.05, 0) is 36.5 Å². The van der Waals surface area contributed by atoms with Crippen molar-refractivity contribution in [3.63, 3.8) is 0 Å². The Bertz CT molecular complexity index is 793. The van der Waals surface area contributed by atoms with E-state index in [1.807, 2.05) is 6.92 Å². The largest absolute Gasteiger partial charge is 0.416 e. The van der Waals surface area contributed by atoms with Crippen molar-refractivity contribution in [2.75, 3.05) is 19.6 Å². The minimum absolute atomic E-state index is 0.0384. The Hall–Kier alpha value is -2.13. The van der Waals surface area contributed by atoms with Gasteiger partial charge in [-0.2, -0.15) is 13.2 Å². The first-order valence-corrected chi connectivity index (χ1v) is 11.0. The molecule has 1 saturated heterocycles. The number of rotatable bonds is 9. The molecule has 2 rings (SSSR count). The summed E-state index contributed by atoms with van der Waals surface area (Å²) in [7, 11) is 0. The number of hydrogen-bond donors (Lipinski definition) is 3. The maximum atomic E-state index is 13.0. The molecule has 9 heteroatoms. The summed E-state index contributed by atoms with van der Waals surface area (Å²) < 4.78 is 38.8. The van der Waals surface area contributed by atoms with Crippen LogP contribution in [0.3, 0.4) is 0 Å². The van der Waals surface area contributed by atoms with Gasteiger partial charge in [0.25, 0.3) is 5.91 Å². The topological polar surface area (TPSA) is 81.7 Å². The molecule has 2 amide bonds. The first-order chi connectivity index (χ1) is 14.8. The number of hydrogen-bond acceptors (Lipinski definition) is 4. The van der Waals surface area contributed by atoms with Crippen LogP contribution in [-0.2, 0) is 11.0 Å². The van der Waals surface area contributed by atoms with Gasteiger partial charge in [0, 0.05) is 25.2 Å². The van der Waals surface area contributed by atoms with E-state index in [1.54, 1.807) is 4.90 Å². The van der Waals surface area contributed by atoms with Gasteiger partial charge in [-0.15, -0.1) is 0 Å². The normalized spacial score (nSPS) is 19.2. The Balaban J connectivity index is 2.07. The summed E-state index contributed by atoms with van der Waals surface area (Å²) in [5.41, 5.74) is -1.03. The maximum absolute atomic E-state index is 13.0. The molecule has 0 bridgehead atoms. The Morgan fingerprint density at radius 1 is 1.28 bits per heavy atom. The summed E-state index contributed by atoms with van der Waals surface area (Å²) in [6.45, 7) is 9.67. The number of aliphatic hydroxyl groups excluding tert-OH is 1. The number of carbonyl (C=O) groups excluding carboxylic acids is 2. The van der Waals surface area contributed by atoms with Crippen LogP contribution in [0.1, 0.15) is 62.9 Å². The fourth-order valence-corrected chi connectivity index (χ4v) is 3.78. The van der Waals surface area contributed by atoms with Gasteiger partial charge in [0.2, 0.25) is 5.91 Å². The highest BCUT2D eigenvalue weighted by molar-refractivity contribution is 5.98. The number of nitrogens with zero attached hydrogens (tertiary/aromatic N) is 1. The molecule has 1 aromatic rings. The molecule has 1 aliphatic rings. The molecule has 1 aliphatic heterocycles. The van der Waals surface area contributed by atoms with Crippen LogP contribution in [0, 0.1) is 5.41 Å². The number of alkyl halides is 3. The van der Waals surface area contributed by atoms with Gasteiger partial charge in [0.15, 0.2) is 0 Å². The Kier molecular flexibility index (Phi) is 8.70. The minimum atomic E-state index is -4.56. The van der Waals surface area contributed by atoms with Crippen LogP contribution in [0.5, 0.6) is 0 Å². The van der Waals surface area contributed by atoms with Crippen LogP contribution in [0.2, 0.25) is 0 Å². The fraction of sp³-hybridized carbons (Fsp3) is 0.652. The van der Waals surface area contributed by atoms with E-state index in [4.69, 9.17) is 0 Å². The van der Waals surface area contributed by atoms with Crippen LogP contribution >= 0.6 is 0 Å². The zero-order valence-corrected chi connectivity index (χ0v) is 19.1. The second kappa shape index (κ2) is 10.7. The zero-order chi connectivity index (χ0) is 24.1. The zero-order valence-electron chi connectivity index (χ0n) is 19.1. The van der Waals surface area contributed by atoms with Gasteiger partial charge >= 0.3 is 6.18 Å². The fourth-order valence-electron chi connectivity index (χ4n) is 3.78. The molecule has 0 radical (unpaired) electrons. The van der Waals surface area contributed by atoms with Gasteiger partial charge in [-0.1, -0.05) is 40.2 Å². The third-order valence-electron chi connectivity index (χ3n) is 5.43. The predicted octanol–water partition coefficient (Wildman–Crippen LogP) is 3.20. The standard InChI is InChI=1S/C23H34F3N3O3/c1-5-7-19(30)18(13-27-14-22(2,3)4)29-11-10-17(21(29)32)28-20(31)15-8-6-9-16(12-15)23(24,25)26/h6,8-9,12,17-19,27,30H,5,7,10-11,13-14H2,1-4H3,(H,28,31)/t17?,18-,19-/m0/s1. The van der Waals surface area contributed by atoms with Crippen LogP contribution in [0.15, 0.2) is 24.3 Å². The summed E-state index contributed by atoms with van der Waals surface area (Å²) in [5.74, 6) is -1.06.